The predicted octanol–water partition coefficient (Wildman–Crippen LogP) is 4.96. The highest BCUT2D eigenvalue weighted by Gasteiger charge is 2.18. The molecule has 0 atom stereocenters. The summed E-state index contributed by atoms with van der Waals surface area (Å²) in [6, 6.07) is 11.6. The van der Waals surface area contributed by atoms with Crippen molar-refractivity contribution < 1.29 is 24.1 Å². The van der Waals surface area contributed by atoms with E-state index in [0.717, 1.165) is 6.07 Å². The van der Waals surface area contributed by atoms with Gasteiger partial charge in [-0.25, -0.2) is 4.79 Å². The first-order valence-electron chi connectivity index (χ1n) is 8.43. The third kappa shape index (κ3) is 4.67. The van der Waals surface area contributed by atoms with Crippen LogP contribution in [0.4, 0.5) is 11.4 Å². The van der Waals surface area contributed by atoms with Crippen LogP contribution < -0.4 is 9.47 Å². The zero-order valence-electron chi connectivity index (χ0n) is 15.5. The lowest BCUT2D eigenvalue weighted by Gasteiger charge is -2.09. The fraction of sp³-hybridized carbons (Fsp3) is 0.0500. The van der Waals surface area contributed by atoms with Crippen molar-refractivity contribution in [1.82, 2.24) is 0 Å². The van der Waals surface area contributed by atoms with Gasteiger partial charge in [-0.1, -0.05) is 18.2 Å². The summed E-state index contributed by atoms with van der Waals surface area (Å²) in [6.45, 7) is 0. The largest absolute Gasteiger partial charge is 0.493 e. The average Bonchev–Trinajstić information content (AvgIpc) is 3.27. The molecule has 152 valence electrons. The first kappa shape index (κ1) is 20.7. The molecule has 0 saturated heterocycles. The summed E-state index contributed by atoms with van der Waals surface area (Å²) < 4.78 is 10.6. The molecule has 0 saturated carbocycles. The second kappa shape index (κ2) is 8.97. The molecule has 0 aliphatic rings. The second-order valence-corrected chi connectivity index (χ2v) is 6.82. The third-order valence-electron chi connectivity index (χ3n) is 3.99. The Morgan fingerprint density at radius 2 is 1.80 bits per heavy atom. The number of thiophene rings is 1. The Morgan fingerprint density at radius 3 is 2.43 bits per heavy atom. The van der Waals surface area contributed by atoms with Crippen LogP contribution in [-0.2, 0) is 0 Å². The number of rotatable bonds is 7. The molecule has 0 aliphatic carbocycles. The molecule has 2 aromatic carbocycles. The van der Waals surface area contributed by atoms with E-state index in [9.17, 15) is 25.0 Å². The van der Waals surface area contributed by atoms with Gasteiger partial charge in [-0.15, -0.1) is 11.3 Å². The lowest BCUT2D eigenvalue weighted by Crippen LogP contribution is -2.07. The molecule has 3 aromatic rings. The maximum Gasteiger partial charge on any atom is 0.353 e. The number of non-ortho nitro benzene ring substituents is 1. The van der Waals surface area contributed by atoms with E-state index in [1.165, 1.54) is 36.7 Å². The number of esters is 1. The Bertz CT molecular complexity index is 1140. The molecule has 0 N–H and O–H groups in total. The van der Waals surface area contributed by atoms with Gasteiger partial charge in [-0.05, 0) is 41.3 Å². The summed E-state index contributed by atoms with van der Waals surface area (Å²) in [4.78, 5) is 33.3. The summed E-state index contributed by atoms with van der Waals surface area (Å²) in [6.07, 6.45) is 3.05. The third-order valence-corrected chi connectivity index (χ3v) is 4.84. The van der Waals surface area contributed by atoms with E-state index in [1.54, 1.807) is 41.8 Å². The summed E-state index contributed by atoms with van der Waals surface area (Å²) in [7, 11) is 1.42. The van der Waals surface area contributed by atoms with Gasteiger partial charge >= 0.3 is 5.97 Å². The van der Waals surface area contributed by atoms with E-state index < -0.39 is 15.8 Å². The number of hydrogen-bond acceptors (Lipinski definition) is 8. The zero-order valence-corrected chi connectivity index (χ0v) is 16.3. The fourth-order valence-corrected chi connectivity index (χ4v) is 3.15. The molecule has 0 bridgehead atoms. The van der Waals surface area contributed by atoms with Crippen LogP contribution in [0.2, 0.25) is 0 Å². The first-order valence-corrected chi connectivity index (χ1v) is 9.31. The highest BCUT2D eigenvalue weighted by molar-refractivity contribution is 7.12. The van der Waals surface area contributed by atoms with Crippen molar-refractivity contribution in [2.24, 2.45) is 0 Å². The molecule has 3 rings (SSSR count). The second-order valence-electron chi connectivity index (χ2n) is 5.87. The van der Waals surface area contributed by atoms with Crippen LogP contribution >= 0.6 is 11.3 Å². The Labute approximate surface area is 174 Å². The van der Waals surface area contributed by atoms with Crippen molar-refractivity contribution in [3.05, 3.63) is 90.1 Å². The van der Waals surface area contributed by atoms with E-state index in [0.29, 0.717) is 16.2 Å². The van der Waals surface area contributed by atoms with E-state index >= 15 is 0 Å². The van der Waals surface area contributed by atoms with Crippen molar-refractivity contribution in [3.63, 3.8) is 0 Å². The highest BCUT2D eigenvalue weighted by atomic mass is 32.1. The van der Waals surface area contributed by atoms with Crippen LogP contribution in [0.25, 0.3) is 12.2 Å². The summed E-state index contributed by atoms with van der Waals surface area (Å²) in [5.74, 6) is 0.0303. The van der Waals surface area contributed by atoms with Crippen LogP contribution in [0.5, 0.6) is 11.5 Å². The van der Waals surface area contributed by atoms with Crippen molar-refractivity contribution in [1.29, 1.82) is 0 Å². The number of nitro benzene ring substituents is 2. The minimum absolute atomic E-state index is 0.206. The monoisotopic (exact) mass is 426 g/mol. The number of nitrogens with zero attached hydrogens (tertiary/aromatic N) is 2. The molecule has 0 fully saturated rings. The molecule has 0 aliphatic heterocycles. The fourth-order valence-electron chi connectivity index (χ4n) is 2.55. The minimum atomic E-state index is -0.693. The summed E-state index contributed by atoms with van der Waals surface area (Å²) in [5, 5.41) is 23.8. The standard InChI is InChI=1S/C20H14N2O7S/c1-28-18-11-13(5-9-17(18)29-20(23)19-3-2-10-30-19)4-6-14-7-8-15(21(24)25)12-16(14)22(26)27/h2-12H,1H3. The predicted molar refractivity (Wildman–Crippen MR) is 111 cm³/mol. The molecule has 0 spiro atoms. The molecule has 30 heavy (non-hydrogen) atoms. The zero-order chi connectivity index (χ0) is 21.7. The molecule has 1 heterocycles. The number of methoxy groups -OCH3 is 1. The molecular weight excluding hydrogens is 412 g/mol. The average molecular weight is 426 g/mol. The maximum atomic E-state index is 12.1. The lowest BCUT2D eigenvalue weighted by molar-refractivity contribution is -0.394. The highest BCUT2D eigenvalue weighted by Crippen LogP contribution is 2.31. The summed E-state index contributed by atoms with van der Waals surface area (Å²) in [5.41, 5.74) is 0.0829. The molecule has 0 amide bonds. The van der Waals surface area contributed by atoms with Crippen molar-refractivity contribution in [2.45, 2.75) is 0 Å². The van der Waals surface area contributed by atoms with Crippen molar-refractivity contribution in [2.75, 3.05) is 7.11 Å². The molecule has 10 heteroatoms. The van der Waals surface area contributed by atoms with Crippen LogP contribution in [0.15, 0.2) is 53.9 Å². The van der Waals surface area contributed by atoms with Crippen LogP contribution in [-0.4, -0.2) is 22.9 Å². The minimum Gasteiger partial charge on any atom is -0.493 e. The Morgan fingerprint density at radius 1 is 1.00 bits per heavy atom. The van der Waals surface area contributed by atoms with Crippen LogP contribution in [0.3, 0.4) is 0 Å². The van der Waals surface area contributed by atoms with Gasteiger partial charge in [0.2, 0.25) is 0 Å². The number of hydrogen-bond donors (Lipinski definition) is 0. The quantitative estimate of drug-likeness (QED) is 0.172. The van der Waals surface area contributed by atoms with Crippen molar-refractivity contribution in [3.8, 4) is 11.5 Å². The van der Waals surface area contributed by atoms with E-state index in [1.807, 2.05) is 0 Å². The molecule has 9 nitrogen and oxygen atoms in total. The molecule has 0 radical (unpaired) electrons. The number of ether oxygens (including phenoxy) is 2. The van der Waals surface area contributed by atoms with E-state index in [2.05, 4.69) is 0 Å². The summed E-state index contributed by atoms with van der Waals surface area (Å²) >= 11 is 1.26. The molecule has 1 aromatic heterocycles. The Hall–Kier alpha value is -4.05. The van der Waals surface area contributed by atoms with Gasteiger partial charge in [0.25, 0.3) is 11.4 Å². The number of carbonyl (C=O) groups is 1. The first-order chi connectivity index (χ1) is 14.4. The van der Waals surface area contributed by atoms with Gasteiger partial charge in [0.15, 0.2) is 11.5 Å². The lowest BCUT2D eigenvalue weighted by atomic mass is 10.1. The maximum absolute atomic E-state index is 12.1. The van der Waals surface area contributed by atoms with Gasteiger partial charge in [0, 0.05) is 6.07 Å². The Balaban J connectivity index is 1.85. The van der Waals surface area contributed by atoms with Gasteiger partial charge in [-0.2, -0.15) is 0 Å². The van der Waals surface area contributed by atoms with Crippen LogP contribution in [0.1, 0.15) is 20.8 Å². The van der Waals surface area contributed by atoms with Gasteiger partial charge in [0.1, 0.15) is 4.88 Å². The molecule has 0 unspecified atom stereocenters. The van der Waals surface area contributed by atoms with E-state index in [-0.39, 0.29) is 22.7 Å². The number of carbonyl (C=O) groups excluding carboxylic acids is 1. The normalized spacial score (nSPS) is 10.7. The van der Waals surface area contributed by atoms with Gasteiger partial charge in [0.05, 0.1) is 28.6 Å². The van der Waals surface area contributed by atoms with E-state index in [4.69, 9.17) is 9.47 Å². The Kier molecular flexibility index (Phi) is 6.18. The van der Waals surface area contributed by atoms with Crippen molar-refractivity contribution >= 4 is 40.8 Å². The number of benzene rings is 2. The van der Waals surface area contributed by atoms with Crippen LogP contribution in [0, 0.1) is 20.2 Å². The molecular formula is C20H14N2O7S. The van der Waals surface area contributed by atoms with Gasteiger partial charge < -0.3 is 9.47 Å². The topological polar surface area (TPSA) is 122 Å². The SMILES string of the molecule is COc1cc(C=Cc2ccc([N+](=O)[O-])cc2[N+](=O)[O-])ccc1OC(=O)c1cccs1. The number of nitro groups is 2. The smallest absolute Gasteiger partial charge is 0.353 e. The van der Waals surface area contributed by atoms with Gasteiger partial charge in [-0.3, -0.25) is 20.2 Å².